The summed E-state index contributed by atoms with van der Waals surface area (Å²) in [5.41, 5.74) is 0.887. The number of nitrogens with zero attached hydrogens (tertiary/aromatic N) is 1. The fraction of sp³-hybridized carbons (Fsp3) is 0.333. The van der Waals surface area contributed by atoms with Crippen molar-refractivity contribution in [2.75, 3.05) is 10.6 Å². The fourth-order valence-electron chi connectivity index (χ4n) is 1.67. The van der Waals surface area contributed by atoms with E-state index in [1.54, 1.807) is 12.3 Å². The molecule has 112 valence electrons. The molecule has 21 heavy (non-hydrogen) atoms. The molecule has 0 saturated carbocycles. The van der Waals surface area contributed by atoms with Crippen LogP contribution in [0.5, 0.6) is 0 Å². The van der Waals surface area contributed by atoms with Crippen LogP contribution >= 0.6 is 0 Å². The molecule has 1 amide bonds. The third-order valence-corrected chi connectivity index (χ3v) is 2.50. The lowest BCUT2D eigenvalue weighted by molar-refractivity contribution is 0.0636. The maximum atomic E-state index is 11.8. The topological polar surface area (TPSA) is 76.4 Å². The van der Waals surface area contributed by atoms with Gasteiger partial charge < -0.3 is 14.5 Å². The number of anilines is 2. The number of aromatic nitrogens is 1. The number of oxazole rings is 1. The Morgan fingerprint density at radius 1 is 1.29 bits per heavy atom. The van der Waals surface area contributed by atoms with Gasteiger partial charge in [0, 0.05) is 0 Å². The van der Waals surface area contributed by atoms with E-state index in [4.69, 9.17) is 9.15 Å². The number of nitrogens with one attached hydrogen (secondary N) is 2. The van der Waals surface area contributed by atoms with Crippen LogP contribution in [-0.4, -0.2) is 16.7 Å². The molecule has 0 spiro atoms. The van der Waals surface area contributed by atoms with Crippen molar-refractivity contribution in [3.63, 3.8) is 0 Å². The first-order valence-corrected chi connectivity index (χ1v) is 6.64. The normalized spacial score (nSPS) is 11.0. The summed E-state index contributed by atoms with van der Waals surface area (Å²) in [5, 5.41) is 5.91. The highest BCUT2D eigenvalue weighted by Gasteiger charge is 2.17. The second-order valence-corrected chi connectivity index (χ2v) is 5.49. The van der Waals surface area contributed by atoms with Gasteiger partial charge in [-0.1, -0.05) is 12.1 Å². The summed E-state index contributed by atoms with van der Waals surface area (Å²) < 4.78 is 10.4. The number of amides is 1. The number of benzene rings is 1. The van der Waals surface area contributed by atoms with Crippen LogP contribution in [-0.2, 0) is 11.3 Å². The Morgan fingerprint density at radius 3 is 2.62 bits per heavy atom. The van der Waals surface area contributed by atoms with E-state index >= 15 is 0 Å². The van der Waals surface area contributed by atoms with Gasteiger partial charge in [-0.2, -0.15) is 0 Å². The second kappa shape index (κ2) is 6.30. The van der Waals surface area contributed by atoms with E-state index in [2.05, 4.69) is 15.6 Å². The smallest absolute Gasteiger partial charge is 0.412 e. The highest BCUT2D eigenvalue weighted by Crippen LogP contribution is 2.22. The van der Waals surface area contributed by atoms with Crippen molar-refractivity contribution in [3.8, 4) is 0 Å². The first kappa shape index (κ1) is 14.9. The molecule has 0 aliphatic rings. The Bertz CT molecular complexity index is 588. The van der Waals surface area contributed by atoms with Gasteiger partial charge in [0.15, 0.2) is 6.39 Å². The zero-order chi connectivity index (χ0) is 15.3. The zero-order valence-corrected chi connectivity index (χ0v) is 12.3. The number of carbonyl (C=O) groups excluding carboxylic acids is 1. The van der Waals surface area contributed by atoms with Crippen molar-refractivity contribution in [2.24, 2.45) is 0 Å². The van der Waals surface area contributed by atoms with E-state index in [-0.39, 0.29) is 0 Å². The lowest BCUT2D eigenvalue weighted by Gasteiger charge is -2.20. The molecule has 0 radical (unpaired) electrons. The Hall–Kier alpha value is -2.50. The van der Waals surface area contributed by atoms with Gasteiger partial charge in [-0.15, -0.1) is 0 Å². The van der Waals surface area contributed by atoms with Crippen LogP contribution in [0.2, 0.25) is 0 Å². The minimum Gasteiger partial charge on any atom is -0.447 e. The van der Waals surface area contributed by atoms with Crippen LogP contribution in [0.15, 0.2) is 41.3 Å². The molecule has 1 heterocycles. The summed E-state index contributed by atoms with van der Waals surface area (Å²) in [7, 11) is 0. The predicted molar refractivity (Wildman–Crippen MR) is 80.1 cm³/mol. The summed E-state index contributed by atoms with van der Waals surface area (Å²) in [5.74, 6) is 0.710. The van der Waals surface area contributed by atoms with Crippen LogP contribution in [0.1, 0.15) is 26.5 Å². The Kier molecular flexibility index (Phi) is 4.47. The first-order chi connectivity index (χ1) is 9.94. The molecule has 1 aromatic carbocycles. The molecule has 0 unspecified atom stereocenters. The maximum absolute atomic E-state index is 11.8. The van der Waals surface area contributed by atoms with Crippen molar-refractivity contribution in [3.05, 3.63) is 42.6 Å². The molecule has 2 N–H and O–H groups in total. The van der Waals surface area contributed by atoms with Crippen molar-refractivity contribution in [1.29, 1.82) is 0 Å². The van der Waals surface area contributed by atoms with Gasteiger partial charge in [-0.25, -0.2) is 9.78 Å². The third-order valence-electron chi connectivity index (χ3n) is 2.50. The third kappa shape index (κ3) is 4.83. The largest absolute Gasteiger partial charge is 0.447 e. The Morgan fingerprint density at radius 2 is 2.00 bits per heavy atom. The van der Waals surface area contributed by atoms with Gasteiger partial charge in [0.05, 0.1) is 24.1 Å². The minimum atomic E-state index is -0.535. The summed E-state index contributed by atoms with van der Waals surface area (Å²) >= 11 is 0. The molecule has 6 heteroatoms. The van der Waals surface area contributed by atoms with E-state index in [0.29, 0.717) is 18.0 Å². The molecular formula is C15H19N3O3. The number of ether oxygens (including phenoxy) is 1. The molecule has 0 atom stereocenters. The Balaban J connectivity index is 2.01. The first-order valence-electron chi connectivity index (χ1n) is 6.64. The lowest BCUT2D eigenvalue weighted by Crippen LogP contribution is -2.27. The minimum absolute atomic E-state index is 0.479. The van der Waals surface area contributed by atoms with Crippen LogP contribution in [0.25, 0.3) is 0 Å². The molecular weight excluding hydrogens is 270 g/mol. The molecule has 0 fully saturated rings. The molecule has 0 saturated heterocycles. The van der Waals surface area contributed by atoms with Gasteiger partial charge in [-0.05, 0) is 32.9 Å². The number of hydrogen-bond acceptors (Lipinski definition) is 5. The molecule has 2 rings (SSSR count). The lowest BCUT2D eigenvalue weighted by atomic mass is 10.2. The number of para-hydroxylation sites is 2. The van der Waals surface area contributed by atoms with Gasteiger partial charge in [-0.3, -0.25) is 5.32 Å². The van der Waals surface area contributed by atoms with Crippen LogP contribution in [0.4, 0.5) is 16.2 Å². The van der Waals surface area contributed by atoms with Crippen molar-refractivity contribution in [1.82, 2.24) is 4.98 Å². The maximum Gasteiger partial charge on any atom is 0.412 e. The number of hydrogen-bond donors (Lipinski definition) is 2. The van der Waals surface area contributed by atoms with Gasteiger partial charge in [0.1, 0.15) is 11.4 Å². The predicted octanol–water partition coefficient (Wildman–Crippen LogP) is 3.63. The highest BCUT2D eigenvalue weighted by molar-refractivity contribution is 5.89. The van der Waals surface area contributed by atoms with Crippen LogP contribution < -0.4 is 10.6 Å². The molecule has 1 aromatic heterocycles. The van der Waals surface area contributed by atoms with Gasteiger partial charge >= 0.3 is 6.09 Å². The summed E-state index contributed by atoms with van der Waals surface area (Å²) in [6.45, 7) is 5.94. The second-order valence-electron chi connectivity index (χ2n) is 5.49. The SMILES string of the molecule is CC(C)(C)OC(=O)Nc1ccccc1NCc1cnco1. The monoisotopic (exact) mass is 289 g/mol. The number of rotatable bonds is 4. The fourth-order valence-corrected chi connectivity index (χ4v) is 1.67. The van der Waals surface area contributed by atoms with E-state index < -0.39 is 11.7 Å². The summed E-state index contributed by atoms with van der Waals surface area (Å²) in [6, 6.07) is 7.38. The standard InChI is InChI=1S/C15H19N3O3/c1-15(2,3)21-14(19)18-13-7-5-4-6-12(13)17-9-11-8-16-10-20-11/h4-8,10,17H,9H2,1-3H3,(H,18,19). The highest BCUT2D eigenvalue weighted by atomic mass is 16.6. The van der Waals surface area contributed by atoms with Crippen molar-refractivity contribution < 1.29 is 13.9 Å². The van der Waals surface area contributed by atoms with E-state index in [0.717, 1.165) is 5.69 Å². The van der Waals surface area contributed by atoms with Gasteiger partial charge in [0.25, 0.3) is 0 Å². The van der Waals surface area contributed by atoms with Crippen LogP contribution in [0, 0.1) is 0 Å². The molecule has 2 aromatic rings. The van der Waals surface area contributed by atoms with E-state index in [9.17, 15) is 4.79 Å². The van der Waals surface area contributed by atoms with Crippen LogP contribution in [0.3, 0.4) is 0 Å². The molecule has 0 aliphatic carbocycles. The summed E-state index contributed by atoms with van der Waals surface area (Å²) in [4.78, 5) is 15.7. The quantitative estimate of drug-likeness (QED) is 0.898. The van der Waals surface area contributed by atoms with E-state index in [1.807, 2.05) is 39.0 Å². The summed E-state index contributed by atoms with van der Waals surface area (Å²) in [6.07, 6.45) is 2.52. The average Bonchev–Trinajstić information content (AvgIpc) is 2.88. The van der Waals surface area contributed by atoms with Crippen molar-refractivity contribution in [2.45, 2.75) is 32.9 Å². The zero-order valence-electron chi connectivity index (χ0n) is 12.3. The van der Waals surface area contributed by atoms with Gasteiger partial charge in [0.2, 0.25) is 0 Å². The average molecular weight is 289 g/mol. The Labute approximate surface area is 123 Å². The molecule has 0 bridgehead atoms. The van der Waals surface area contributed by atoms with Crippen molar-refractivity contribution >= 4 is 17.5 Å². The number of carbonyl (C=O) groups is 1. The molecule has 6 nitrogen and oxygen atoms in total. The molecule has 0 aliphatic heterocycles. The van der Waals surface area contributed by atoms with E-state index in [1.165, 1.54) is 6.39 Å².